The molecule has 2 amide bonds. The minimum Gasteiger partial charge on any atom is -0.395 e. The van der Waals surface area contributed by atoms with Crippen LogP contribution in [-0.2, 0) is 17.9 Å². The smallest absolute Gasteiger partial charge is 0.315 e. The van der Waals surface area contributed by atoms with E-state index in [1.165, 1.54) is 0 Å². The number of hydrogen-bond donors (Lipinski definition) is 3. The van der Waals surface area contributed by atoms with Gasteiger partial charge in [0.2, 0.25) is 0 Å². The molecule has 0 aliphatic heterocycles. The summed E-state index contributed by atoms with van der Waals surface area (Å²) in [7, 11) is 0. The highest BCUT2D eigenvalue weighted by Crippen LogP contribution is 2.09. The number of aliphatic hydroxyl groups excluding tert-OH is 1. The maximum absolute atomic E-state index is 11.3. The van der Waals surface area contributed by atoms with Crippen LogP contribution in [0, 0.1) is 0 Å². The van der Waals surface area contributed by atoms with Crippen molar-refractivity contribution in [1.29, 1.82) is 0 Å². The molecular formula is C13H20N2O3. The molecule has 100 valence electrons. The third kappa shape index (κ3) is 5.16. The second-order valence-electron chi connectivity index (χ2n) is 3.74. The number of rotatable bonds is 7. The van der Waals surface area contributed by atoms with Crippen molar-refractivity contribution < 1.29 is 14.6 Å². The molecule has 5 heteroatoms. The van der Waals surface area contributed by atoms with Gasteiger partial charge in [-0.2, -0.15) is 0 Å². The van der Waals surface area contributed by atoms with Crippen LogP contribution in [0.5, 0.6) is 0 Å². The summed E-state index contributed by atoms with van der Waals surface area (Å²) in [6.45, 7) is 3.80. The normalized spacial score (nSPS) is 10.1. The summed E-state index contributed by atoms with van der Waals surface area (Å²) in [6.07, 6.45) is 0. The Kier molecular flexibility index (Phi) is 6.83. The molecule has 0 aromatic heterocycles. The van der Waals surface area contributed by atoms with Crippen LogP contribution < -0.4 is 10.6 Å². The lowest BCUT2D eigenvalue weighted by Crippen LogP contribution is -2.36. The number of carbonyl (C=O) groups is 1. The maximum Gasteiger partial charge on any atom is 0.315 e. The van der Waals surface area contributed by atoms with E-state index < -0.39 is 0 Å². The van der Waals surface area contributed by atoms with Gasteiger partial charge in [-0.1, -0.05) is 24.3 Å². The van der Waals surface area contributed by atoms with Crippen LogP contribution in [0.25, 0.3) is 0 Å². The van der Waals surface area contributed by atoms with Crippen LogP contribution in [-0.4, -0.2) is 30.9 Å². The number of aliphatic hydroxyl groups is 1. The highest BCUT2D eigenvalue weighted by molar-refractivity contribution is 5.73. The molecule has 0 bridgehead atoms. The average Bonchev–Trinajstić information content (AvgIpc) is 2.41. The lowest BCUT2D eigenvalue weighted by Gasteiger charge is -2.11. The van der Waals surface area contributed by atoms with E-state index in [0.29, 0.717) is 19.8 Å². The Labute approximate surface area is 107 Å². The van der Waals surface area contributed by atoms with Gasteiger partial charge in [0.05, 0.1) is 13.2 Å². The van der Waals surface area contributed by atoms with E-state index in [2.05, 4.69) is 10.6 Å². The van der Waals surface area contributed by atoms with E-state index in [-0.39, 0.29) is 19.2 Å². The number of urea groups is 1. The molecule has 5 nitrogen and oxygen atoms in total. The standard InChI is InChI=1S/C13H20N2O3/c1-2-18-10-12-6-4-3-5-11(12)9-15-13(17)14-7-8-16/h3-6,16H,2,7-10H2,1H3,(H2,14,15,17). The summed E-state index contributed by atoms with van der Waals surface area (Å²) in [6, 6.07) is 7.54. The minimum absolute atomic E-state index is 0.0612. The Morgan fingerprint density at radius 1 is 1.28 bits per heavy atom. The molecule has 0 unspecified atom stereocenters. The fraction of sp³-hybridized carbons (Fsp3) is 0.462. The predicted octanol–water partition coefficient (Wildman–Crippen LogP) is 1.01. The van der Waals surface area contributed by atoms with Crippen molar-refractivity contribution in [3.63, 3.8) is 0 Å². The zero-order valence-corrected chi connectivity index (χ0v) is 10.6. The van der Waals surface area contributed by atoms with Gasteiger partial charge >= 0.3 is 6.03 Å². The minimum atomic E-state index is -0.282. The van der Waals surface area contributed by atoms with Crippen LogP contribution in [0.1, 0.15) is 18.1 Å². The van der Waals surface area contributed by atoms with Gasteiger partial charge in [-0.25, -0.2) is 4.79 Å². The van der Waals surface area contributed by atoms with Gasteiger partial charge in [-0.05, 0) is 18.1 Å². The topological polar surface area (TPSA) is 70.6 Å². The summed E-state index contributed by atoms with van der Waals surface area (Å²) in [4.78, 5) is 11.3. The molecule has 18 heavy (non-hydrogen) atoms. The summed E-state index contributed by atoms with van der Waals surface area (Å²) in [5.74, 6) is 0. The zero-order chi connectivity index (χ0) is 13.2. The first kappa shape index (κ1) is 14.5. The van der Waals surface area contributed by atoms with Crippen LogP contribution in [0.15, 0.2) is 24.3 Å². The fourth-order valence-corrected chi connectivity index (χ4v) is 1.49. The van der Waals surface area contributed by atoms with E-state index in [1.807, 2.05) is 31.2 Å². The Hall–Kier alpha value is -1.59. The quantitative estimate of drug-likeness (QED) is 0.678. The first-order chi connectivity index (χ1) is 8.77. The molecule has 0 saturated carbocycles. The maximum atomic E-state index is 11.3. The molecule has 1 aromatic carbocycles. The third-order valence-corrected chi connectivity index (χ3v) is 2.42. The van der Waals surface area contributed by atoms with E-state index in [4.69, 9.17) is 9.84 Å². The Bertz CT molecular complexity index is 369. The lowest BCUT2D eigenvalue weighted by molar-refractivity contribution is 0.133. The Morgan fingerprint density at radius 2 is 2.00 bits per heavy atom. The third-order valence-electron chi connectivity index (χ3n) is 2.42. The van der Waals surface area contributed by atoms with E-state index >= 15 is 0 Å². The number of amides is 2. The zero-order valence-electron chi connectivity index (χ0n) is 10.6. The van der Waals surface area contributed by atoms with E-state index in [9.17, 15) is 4.79 Å². The van der Waals surface area contributed by atoms with Crippen molar-refractivity contribution in [3.05, 3.63) is 35.4 Å². The van der Waals surface area contributed by atoms with Crippen molar-refractivity contribution in [3.8, 4) is 0 Å². The Balaban J connectivity index is 2.47. The van der Waals surface area contributed by atoms with Crippen LogP contribution in [0.4, 0.5) is 4.79 Å². The van der Waals surface area contributed by atoms with Crippen molar-refractivity contribution in [2.75, 3.05) is 19.8 Å². The molecule has 0 spiro atoms. The molecular weight excluding hydrogens is 232 g/mol. The molecule has 1 aromatic rings. The van der Waals surface area contributed by atoms with Crippen molar-refractivity contribution in [2.24, 2.45) is 0 Å². The molecule has 0 fully saturated rings. The van der Waals surface area contributed by atoms with Gasteiger partial charge in [-0.15, -0.1) is 0 Å². The van der Waals surface area contributed by atoms with Gasteiger partial charge in [0.1, 0.15) is 0 Å². The fourth-order valence-electron chi connectivity index (χ4n) is 1.49. The first-order valence-electron chi connectivity index (χ1n) is 6.05. The van der Waals surface area contributed by atoms with Gasteiger partial charge in [0.15, 0.2) is 0 Å². The van der Waals surface area contributed by atoms with Gasteiger partial charge < -0.3 is 20.5 Å². The SMILES string of the molecule is CCOCc1ccccc1CNC(=O)NCCO. The number of carbonyl (C=O) groups excluding carboxylic acids is 1. The molecule has 0 saturated heterocycles. The summed E-state index contributed by atoms with van der Waals surface area (Å²) < 4.78 is 5.37. The molecule has 0 aliphatic rings. The van der Waals surface area contributed by atoms with E-state index in [1.54, 1.807) is 0 Å². The van der Waals surface area contributed by atoms with Crippen molar-refractivity contribution in [1.82, 2.24) is 10.6 Å². The second kappa shape index (κ2) is 8.49. The number of nitrogens with one attached hydrogen (secondary N) is 2. The molecule has 0 radical (unpaired) electrons. The number of hydrogen-bond acceptors (Lipinski definition) is 3. The molecule has 1 rings (SSSR count). The monoisotopic (exact) mass is 252 g/mol. The van der Waals surface area contributed by atoms with Gasteiger partial charge in [0, 0.05) is 19.7 Å². The first-order valence-corrected chi connectivity index (χ1v) is 6.05. The molecule has 0 aliphatic carbocycles. The number of benzene rings is 1. The van der Waals surface area contributed by atoms with E-state index in [0.717, 1.165) is 11.1 Å². The van der Waals surface area contributed by atoms with Crippen LogP contribution >= 0.6 is 0 Å². The predicted molar refractivity (Wildman–Crippen MR) is 69.1 cm³/mol. The summed E-state index contributed by atoms with van der Waals surface area (Å²) >= 11 is 0. The van der Waals surface area contributed by atoms with Gasteiger partial charge in [-0.3, -0.25) is 0 Å². The molecule has 3 N–H and O–H groups in total. The second-order valence-corrected chi connectivity index (χ2v) is 3.74. The van der Waals surface area contributed by atoms with Crippen LogP contribution in [0.3, 0.4) is 0 Å². The van der Waals surface area contributed by atoms with Gasteiger partial charge in [0.25, 0.3) is 0 Å². The van der Waals surface area contributed by atoms with Crippen molar-refractivity contribution >= 4 is 6.03 Å². The lowest BCUT2D eigenvalue weighted by atomic mass is 10.1. The average molecular weight is 252 g/mol. The van der Waals surface area contributed by atoms with Crippen LogP contribution in [0.2, 0.25) is 0 Å². The summed E-state index contributed by atoms with van der Waals surface area (Å²) in [5, 5.41) is 13.9. The Morgan fingerprint density at radius 3 is 2.67 bits per heavy atom. The van der Waals surface area contributed by atoms with Crippen molar-refractivity contribution in [2.45, 2.75) is 20.1 Å². The number of ether oxygens (including phenoxy) is 1. The highest BCUT2D eigenvalue weighted by atomic mass is 16.5. The molecule has 0 atom stereocenters. The summed E-state index contributed by atoms with van der Waals surface area (Å²) in [5.41, 5.74) is 2.10. The highest BCUT2D eigenvalue weighted by Gasteiger charge is 2.04. The molecule has 0 heterocycles. The largest absolute Gasteiger partial charge is 0.395 e.